The summed E-state index contributed by atoms with van der Waals surface area (Å²) in [4.78, 5) is 5.68. The minimum atomic E-state index is 0.717. The summed E-state index contributed by atoms with van der Waals surface area (Å²) in [6, 6.07) is 0. The third-order valence-corrected chi connectivity index (χ3v) is 4.00. The Balaban J connectivity index is 2.00. The second-order valence-electron chi connectivity index (χ2n) is 3.87. The molecular formula is C10H13N3S. The zero-order chi connectivity index (χ0) is 9.54. The minimum absolute atomic E-state index is 0.717. The summed E-state index contributed by atoms with van der Waals surface area (Å²) in [7, 11) is 0. The smallest absolute Gasteiger partial charge is 0.212 e. The topological polar surface area (TPSA) is 30.2 Å². The van der Waals surface area contributed by atoms with Crippen molar-refractivity contribution < 1.29 is 0 Å². The molecule has 4 heteroatoms. The van der Waals surface area contributed by atoms with Gasteiger partial charge in [0.15, 0.2) is 0 Å². The molecule has 0 amide bonds. The molecule has 0 atom stereocenters. The van der Waals surface area contributed by atoms with E-state index in [-0.39, 0.29) is 0 Å². The van der Waals surface area contributed by atoms with Crippen LogP contribution in [-0.2, 0) is 6.42 Å². The molecule has 3 rings (SSSR count). The molecule has 74 valence electrons. The van der Waals surface area contributed by atoms with Crippen LogP contribution in [0.1, 0.15) is 42.8 Å². The minimum Gasteiger partial charge on any atom is -0.222 e. The van der Waals surface area contributed by atoms with Crippen LogP contribution in [0.15, 0.2) is 6.20 Å². The molecule has 0 unspecified atom stereocenters. The fourth-order valence-corrected chi connectivity index (χ4v) is 2.62. The number of aryl methyl sites for hydroxylation is 1. The van der Waals surface area contributed by atoms with Gasteiger partial charge in [-0.3, -0.25) is 0 Å². The van der Waals surface area contributed by atoms with Crippen LogP contribution in [0, 0.1) is 0 Å². The van der Waals surface area contributed by atoms with Gasteiger partial charge in [-0.05, 0) is 19.3 Å². The van der Waals surface area contributed by atoms with Crippen molar-refractivity contribution in [2.75, 3.05) is 0 Å². The second-order valence-corrected chi connectivity index (χ2v) is 4.91. The van der Waals surface area contributed by atoms with Crippen LogP contribution in [0.3, 0.4) is 0 Å². The summed E-state index contributed by atoms with van der Waals surface area (Å²) in [5, 5.41) is 5.64. The fourth-order valence-electron chi connectivity index (χ4n) is 1.80. The van der Waals surface area contributed by atoms with Crippen molar-refractivity contribution in [3.63, 3.8) is 0 Å². The molecule has 1 aliphatic carbocycles. The highest BCUT2D eigenvalue weighted by molar-refractivity contribution is 7.16. The van der Waals surface area contributed by atoms with Gasteiger partial charge in [-0.1, -0.05) is 24.7 Å². The van der Waals surface area contributed by atoms with E-state index in [1.54, 1.807) is 11.3 Å². The first-order valence-electron chi connectivity index (χ1n) is 5.22. The molecule has 0 aromatic carbocycles. The maximum atomic E-state index is 4.62. The van der Waals surface area contributed by atoms with Gasteiger partial charge in [0, 0.05) is 5.92 Å². The van der Waals surface area contributed by atoms with Crippen LogP contribution in [0.25, 0.3) is 4.96 Å². The lowest BCUT2D eigenvalue weighted by molar-refractivity contribution is 0.412. The number of nitrogens with zero attached hydrogens (tertiary/aromatic N) is 3. The van der Waals surface area contributed by atoms with Crippen molar-refractivity contribution in [1.29, 1.82) is 0 Å². The maximum absolute atomic E-state index is 4.62. The molecule has 0 aliphatic heterocycles. The van der Waals surface area contributed by atoms with E-state index in [9.17, 15) is 0 Å². The Labute approximate surface area is 86.8 Å². The van der Waals surface area contributed by atoms with Crippen molar-refractivity contribution >= 4 is 16.3 Å². The van der Waals surface area contributed by atoms with Gasteiger partial charge in [0.05, 0.1) is 11.9 Å². The first-order chi connectivity index (χ1) is 6.86. The first kappa shape index (κ1) is 8.41. The third kappa shape index (κ3) is 1.17. The van der Waals surface area contributed by atoms with Gasteiger partial charge in [0.1, 0.15) is 5.01 Å². The van der Waals surface area contributed by atoms with E-state index in [2.05, 4.69) is 23.2 Å². The van der Waals surface area contributed by atoms with E-state index < -0.39 is 0 Å². The normalized spacial score (nSPS) is 17.5. The Bertz CT molecular complexity index is 421. The van der Waals surface area contributed by atoms with Gasteiger partial charge in [-0.25, -0.2) is 9.50 Å². The first-order valence-corrected chi connectivity index (χ1v) is 6.03. The molecule has 0 N–H and O–H groups in total. The molecule has 0 spiro atoms. The van der Waals surface area contributed by atoms with Crippen molar-refractivity contribution in [1.82, 2.24) is 14.6 Å². The molecule has 0 radical (unpaired) electrons. The van der Waals surface area contributed by atoms with Crippen LogP contribution in [0.2, 0.25) is 0 Å². The largest absolute Gasteiger partial charge is 0.222 e. The van der Waals surface area contributed by atoms with E-state index in [0.29, 0.717) is 5.92 Å². The number of hydrogen-bond donors (Lipinski definition) is 0. The Morgan fingerprint density at radius 2 is 2.43 bits per heavy atom. The van der Waals surface area contributed by atoms with E-state index in [1.807, 2.05) is 4.52 Å². The van der Waals surface area contributed by atoms with E-state index in [4.69, 9.17) is 0 Å². The van der Waals surface area contributed by atoms with Crippen LogP contribution in [0.4, 0.5) is 0 Å². The molecule has 0 bridgehead atoms. The van der Waals surface area contributed by atoms with Crippen LogP contribution in [0.5, 0.6) is 0 Å². The van der Waals surface area contributed by atoms with Crippen molar-refractivity contribution in [3.8, 4) is 0 Å². The van der Waals surface area contributed by atoms with E-state index in [0.717, 1.165) is 11.4 Å². The monoisotopic (exact) mass is 207 g/mol. The molecule has 2 aromatic heterocycles. The summed E-state index contributed by atoms with van der Waals surface area (Å²) >= 11 is 1.71. The van der Waals surface area contributed by atoms with Crippen LogP contribution >= 0.6 is 11.3 Å². The number of rotatable bonds is 2. The average molecular weight is 207 g/mol. The Morgan fingerprint density at radius 1 is 1.57 bits per heavy atom. The number of fused-ring (bicyclic) bond motifs is 1. The van der Waals surface area contributed by atoms with Crippen LogP contribution < -0.4 is 0 Å². The molecule has 0 saturated heterocycles. The standard InChI is InChI=1S/C10H13N3S/c1-2-9-12-13-6-8(7-4-3-5-7)11-10(13)14-9/h6-7H,2-5H2,1H3. The summed E-state index contributed by atoms with van der Waals surface area (Å²) < 4.78 is 1.94. The molecule has 1 saturated carbocycles. The lowest BCUT2D eigenvalue weighted by atomic mass is 9.83. The zero-order valence-corrected chi connectivity index (χ0v) is 9.05. The Morgan fingerprint density at radius 3 is 3.00 bits per heavy atom. The molecule has 1 fully saturated rings. The number of aromatic nitrogens is 3. The number of hydrogen-bond acceptors (Lipinski definition) is 3. The molecule has 1 aliphatic rings. The number of imidazole rings is 1. The van der Waals surface area contributed by atoms with Gasteiger partial charge in [0.2, 0.25) is 4.96 Å². The molecular weight excluding hydrogens is 194 g/mol. The molecule has 2 heterocycles. The SMILES string of the molecule is CCc1nn2cc(C3CCC3)nc2s1. The highest BCUT2D eigenvalue weighted by atomic mass is 32.1. The molecule has 3 nitrogen and oxygen atoms in total. The molecule has 2 aromatic rings. The third-order valence-electron chi connectivity index (χ3n) is 2.93. The predicted molar refractivity (Wildman–Crippen MR) is 56.8 cm³/mol. The van der Waals surface area contributed by atoms with Crippen molar-refractivity contribution in [2.45, 2.75) is 38.5 Å². The van der Waals surface area contributed by atoms with E-state index >= 15 is 0 Å². The quantitative estimate of drug-likeness (QED) is 0.757. The maximum Gasteiger partial charge on any atom is 0.212 e. The average Bonchev–Trinajstić information content (AvgIpc) is 2.57. The molecule has 14 heavy (non-hydrogen) atoms. The summed E-state index contributed by atoms with van der Waals surface area (Å²) in [5.74, 6) is 0.717. The van der Waals surface area contributed by atoms with Gasteiger partial charge < -0.3 is 0 Å². The van der Waals surface area contributed by atoms with E-state index in [1.165, 1.54) is 30.0 Å². The zero-order valence-electron chi connectivity index (χ0n) is 8.23. The fraction of sp³-hybridized carbons (Fsp3) is 0.600. The van der Waals surface area contributed by atoms with Crippen LogP contribution in [-0.4, -0.2) is 14.6 Å². The summed E-state index contributed by atoms with van der Waals surface area (Å²) in [6.07, 6.45) is 7.10. The summed E-state index contributed by atoms with van der Waals surface area (Å²) in [5.41, 5.74) is 1.25. The van der Waals surface area contributed by atoms with Gasteiger partial charge in [0.25, 0.3) is 0 Å². The van der Waals surface area contributed by atoms with Gasteiger partial charge >= 0.3 is 0 Å². The predicted octanol–water partition coefficient (Wildman–Crippen LogP) is 2.62. The highest BCUT2D eigenvalue weighted by Crippen LogP contribution is 2.36. The lowest BCUT2D eigenvalue weighted by Crippen LogP contribution is -2.08. The highest BCUT2D eigenvalue weighted by Gasteiger charge is 2.22. The van der Waals surface area contributed by atoms with Crippen molar-refractivity contribution in [3.05, 3.63) is 16.9 Å². The van der Waals surface area contributed by atoms with Gasteiger partial charge in [-0.2, -0.15) is 5.10 Å². The Kier molecular flexibility index (Phi) is 1.83. The van der Waals surface area contributed by atoms with Crippen molar-refractivity contribution in [2.24, 2.45) is 0 Å². The Hall–Kier alpha value is -0.900. The summed E-state index contributed by atoms with van der Waals surface area (Å²) in [6.45, 7) is 2.13. The lowest BCUT2D eigenvalue weighted by Gasteiger charge is -2.22. The second kappa shape index (κ2) is 3.05. The van der Waals surface area contributed by atoms with Gasteiger partial charge in [-0.15, -0.1) is 0 Å².